The van der Waals surface area contributed by atoms with Crippen LogP contribution < -0.4 is 10.9 Å². The molecule has 0 saturated heterocycles. The van der Waals surface area contributed by atoms with Gasteiger partial charge in [-0.05, 0) is 29.3 Å². The van der Waals surface area contributed by atoms with Gasteiger partial charge in [0.2, 0.25) is 0 Å². The second-order valence-corrected chi connectivity index (χ2v) is 5.88. The van der Waals surface area contributed by atoms with Crippen molar-refractivity contribution in [3.63, 3.8) is 0 Å². The van der Waals surface area contributed by atoms with Crippen LogP contribution in [-0.2, 0) is 13.1 Å². The molecule has 0 radical (unpaired) electrons. The predicted octanol–water partition coefficient (Wildman–Crippen LogP) is 1.92. The zero-order valence-corrected chi connectivity index (χ0v) is 14.3. The predicted molar refractivity (Wildman–Crippen MR) is 98.6 cm³/mol. The minimum Gasteiger partial charge on any atom is -0.478 e. The van der Waals surface area contributed by atoms with Gasteiger partial charge in [-0.25, -0.2) is 9.48 Å². The zero-order valence-electron chi connectivity index (χ0n) is 14.3. The van der Waals surface area contributed by atoms with Gasteiger partial charge in [0.1, 0.15) is 5.69 Å². The van der Waals surface area contributed by atoms with Crippen LogP contribution in [0.4, 0.5) is 0 Å². The first-order valence-electron chi connectivity index (χ1n) is 8.25. The lowest BCUT2D eigenvalue weighted by molar-refractivity contribution is 0.0696. The number of nitrogens with one attached hydrogen (secondary N) is 1. The van der Waals surface area contributed by atoms with Gasteiger partial charge in [-0.2, -0.15) is 5.10 Å². The summed E-state index contributed by atoms with van der Waals surface area (Å²) in [5.74, 6) is -1.42. The molecule has 7 nitrogen and oxygen atoms in total. The Labute approximate surface area is 154 Å². The first-order valence-corrected chi connectivity index (χ1v) is 8.25. The minimum atomic E-state index is -1.00. The van der Waals surface area contributed by atoms with Crippen LogP contribution in [0, 0.1) is 0 Å². The summed E-state index contributed by atoms with van der Waals surface area (Å²) < 4.78 is 1.24. The maximum absolute atomic E-state index is 12.3. The average Bonchev–Trinajstić information content (AvgIpc) is 2.69. The molecule has 0 atom stereocenters. The van der Waals surface area contributed by atoms with E-state index in [1.165, 1.54) is 28.9 Å². The summed E-state index contributed by atoms with van der Waals surface area (Å²) in [4.78, 5) is 35.2. The van der Waals surface area contributed by atoms with Gasteiger partial charge in [-0.15, -0.1) is 0 Å². The SMILES string of the molecule is O=C(O)c1ccc(CNC(=O)c2ccc(=O)n(Cc3ccccc3)n2)cc1. The lowest BCUT2D eigenvalue weighted by Gasteiger charge is -2.08. The third-order valence-electron chi connectivity index (χ3n) is 3.93. The Morgan fingerprint density at radius 1 is 0.926 bits per heavy atom. The van der Waals surface area contributed by atoms with Crippen molar-refractivity contribution in [2.45, 2.75) is 13.1 Å². The second-order valence-electron chi connectivity index (χ2n) is 5.88. The Kier molecular flexibility index (Phi) is 5.41. The smallest absolute Gasteiger partial charge is 0.335 e. The molecule has 0 fully saturated rings. The van der Waals surface area contributed by atoms with Gasteiger partial charge >= 0.3 is 5.97 Å². The minimum absolute atomic E-state index is 0.132. The summed E-state index contributed by atoms with van der Waals surface area (Å²) in [6.07, 6.45) is 0. The summed E-state index contributed by atoms with van der Waals surface area (Å²) >= 11 is 0. The Morgan fingerprint density at radius 2 is 1.63 bits per heavy atom. The number of benzene rings is 2. The number of hydrogen-bond acceptors (Lipinski definition) is 4. The molecule has 0 saturated carbocycles. The van der Waals surface area contributed by atoms with Crippen molar-refractivity contribution in [1.29, 1.82) is 0 Å². The van der Waals surface area contributed by atoms with Crippen LogP contribution in [0.5, 0.6) is 0 Å². The van der Waals surface area contributed by atoms with Gasteiger partial charge < -0.3 is 10.4 Å². The van der Waals surface area contributed by atoms with Crippen molar-refractivity contribution in [3.05, 3.63) is 99.5 Å². The highest BCUT2D eigenvalue weighted by Gasteiger charge is 2.10. The molecule has 2 N–H and O–H groups in total. The van der Waals surface area contributed by atoms with E-state index in [-0.39, 0.29) is 29.9 Å². The van der Waals surface area contributed by atoms with Gasteiger partial charge in [-0.3, -0.25) is 9.59 Å². The fourth-order valence-electron chi connectivity index (χ4n) is 2.48. The second kappa shape index (κ2) is 8.09. The molecule has 0 unspecified atom stereocenters. The highest BCUT2D eigenvalue weighted by atomic mass is 16.4. The first-order chi connectivity index (χ1) is 13.0. The Hall–Kier alpha value is -3.74. The van der Waals surface area contributed by atoms with E-state index < -0.39 is 11.9 Å². The molecular weight excluding hydrogens is 346 g/mol. The molecule has 3 rings (SSSR count). The fourth-order valence-corrected chi connectivity index (χ4v) is 2.48. The Morgan fingerprint density at radius 3 is 2.30 bits per heavy atom. The van der Waals surface area contributed by atoms with Crippen molar-refractivity contribution in [2.75, 3.05) is 0 Å². The third-order valence-corrected chi connectivity index (χ3v) is 3.93. The van der Waals surface area contributed by atoms with Gasteiger partial charge in [0.15, 0.2) is 0 Å². The van der Waals surface area contributed by atoms with Crippen molar-refractivity contribution >= 4 is 11.9 Å². The maximum Gasteiger partial charge on any atom is 0.335 e. The monoisotopic (exact) mass is 363 g/mol. The summed E-state index contributed by atoms with van der Waals surface area (Å²) in [6, 6.07) is 18.3. The van der Waals surface area contributed by atoms with Crippen LogP contribution in [-0.4, -0.2) is 26.8 Å². The number of nitrogens with zero attached hydrogens (tertiary/aromatic N) is 2. The molecule has 0 bridgehead atoms. The largest absolute Gasteiger partial charge is 0.478 e. The molecule has 2 aromatic carbocycles. The van der Waals surface area contributed by atoms with Crippen molar-refractivity contribution in [3.8, 4) is 0 Å². The molecule has 1 aromatic heterocycles. The van der Waals surface area contributed by atoms with E-state index in [0.29, 0.717) is 0 Å². The summed E-state index contributed by atoms with van der Waals surface area (Å²) in [7, 11) is 0. The van der Waals surface area contributed by atoms with E-state index in [4.69, 9.17) is 5.11 Å². The standard InChI is InChI=1S/C20H17N3O4/c24-18-11-10-17(22-23(18)13-15-4-2-1-3-5-15)19(25)21-12-14-6-8-16(9-7-14)20(26)27/h1-11H,12-13H2,(H,21,25)(H,26,27). The molecule has 0 aliphatic rings. The van der Waals surface area contributed by atoms with Crippen LogP contribution in [0.1, 0.15) is 32.0 Å². The van der Waals surface area contributed by atoms with Crippen LogP contribution >= 0.6 is 0 Å². The highest BCUT2D eigenvalue weighted by molar-refractivity contribution is 5.92. The van der Waals surface area contributed by atoms with Crippen molar-refractivity contribution in [2.24, 2.45) is 0 Å². The number of carbonyl (C=O) groups excluding carboxylic acids is 1. The molecule has 0 aliphatic carbocycles. The van der Waals surface area contributed by atoms with Crippen LogP contribution in [0.3, 0.4) is 0 Å². The molecule has 1 amide bonds. The number of aromatic carboxylic acids is 1. The summed E-state index contributed by atoms with van der Waals surface area (Å²) in [6.45, 7) is 0.496. The van der Waals surface area contributed by atoms with Gasteiger partial charge in [-0.1, -0.05) is 42.5 Å². The average molecular weight is 363 g/mol. The highest BCUT2D eigenvalue weighted by Crippen LogP contribution is 2.05. The van der Waals surface area contributed by atoms with E-state index in [1.54, 1.807) is 12.1 Å². The Balaban J connectivity index is 1.68. The van der Waals surface area contributed by atoms with Gasteiger partial charge in [0, 0.05) is 12.6 Å². The van der Waals surface area contributed by atoms with Crippen LogP contribution in [0.15, 0.2) is 71.5 Å². The van der Waals surface area contributed by atoms with Crippen LogP contribution in [0.25, 0.3) is 0 Å². The molecule has 136 valence electrons. The normalized spacial score (nSPS) is 10.4. The van der Waals surface area contributed by atoms with E-state index in [2.05, 4.69) is 10.4 Å². The lowest BCUT2D eigenvalue weighted by atomic mass is 10.1. The molecule has 3 aromatic rings. The fraction of sp³-hybridized carbons (Fsp3) is 0.100. The maximum atomic E-state index is 12.3. The molecule has 0 spiro atoms. The molecule has 1 heterocycles. The molecular formula is C20H17N3O4. The molecule has 0 aliphatic heterocycles. The van der Waals surface area contributed by atoms with Crippen molar-refractivity contribution in [1.82, 2.24) is 15.1 Å². The number of carbonyl (C=O) groups is 2. The van der Waals surface area contributed by atoms with Gasteiger partial charge in [0.05, 0.1) is 12.1 Å². The first kappa shape index (κ1) is 18.1. The topological polar surface area (TPSA) is 101 Å². The third kappa shape index (κ3) is 4.66. The summed E-state index contributed by atoms with van der Waals surface area (Å²) in [5, 5.41) is 15.7. The summed E-state index contributed by atoms with van der Waals surface area (Å²) in [5.41, 5.74) is 1.68. The van der Waals surface area contributed by atoms with Crippen molar-refractivity contribution < 1.29 is 14.7 Å². The van der Waals surface area contributed by atoms with E-state index in [0.717, 1.165) is 11.1 Å². The quantitative estimate of drug-likeness (QED) is 0.697. The number of amides is 1. The number of carboxylic acids is 1. The number of rotatable bonds is 6. The number of hydrogen-bond donors (Lipinski definition) is 2. The van der Waals surface area contributed by atoms with Crippen LogP contribution in [0.2, 0.25) is 0 Å². The molecule has 27 heavy (non-hydrogen) atoms. The Bertz CT molecular complexity index is 1010. The number of carboxylic acid groups (broad SMARTS) is 1. The van der Waals surface area contributed by atoms with Gasteiger partial charge in [0.25, 0.3) is 11.5 Å². The lowest BCUT2D eigenvalue weighted by Crippen LogP contribution is -2.29. The zero-order chi connectivity index (χ0) is 19.2. The number of aromatic nitrogens is 2. The van der Waals surface area contributed by atoms with E-state index in [1.807, 2.05) is 30.3 Å². The molecule has 7 heteroatoms. The van der Waals surface area contributed by atoms with E-state index >= 15 is 0 Å². The van der Waals surface area contributed by atoms with E-state index in [9.17, 15) is 14.4 Å².